The minimum atomic E-state index is 1.16. The van der Waals surface area contributed by atoms with Crippen LogP contribution in [0.4, 0.5) is 0 Å². The van der Waals surface area contributed by atoms with Crippen LogP contribution in [0, 0.1) is 6.54 Å². The highest BCUT2D eigenvalue weighted by Crippen LogP contribution is 2.13. The van der Waals surface area contributed by atoms with Gasteiger partial charge in [-0.05, 0) is 19.9 Å². The first-order valence-corrected chi connectivity index (χ1v) is 9.93. The Morgan fingerprint density at radius 2 is 0.857 bits per heavy atom. The lowest BCUT2D eigenvalue weighted by molar-refractivity contribution is 0.528. The average molecular weight is 297 g/mol. The van der Waals surface area contributed by atoms with E-state index in [1.807, 2.05) is 6.54 Å². The standard InChI is InChI=1S/C20H42N/c1-3-5-6-7-8-9-10-11-12-13-14-15-16-17-18-19-20-21-4-2/h4,21H,3,5-20H2,1-2H3. The maximum absolute atomic E-state index is 3.27. The van der Waals surface area contributed by atoms with E-state index in [2.05, 4.69) is 19.2 Å². The van der Waals surface area contributed by atoms with Gasteiger partial charge in [0.15, 0.2) is 0 Å². The van der Waals surface area contributed by atoms with Gasteiger partial charge in [0.1, 0.15) is 0 Å². The van der Waals surface area contributed by atoms with Crippen molar-refractivity contribution in [3.63, 3.8) is 0 Å². The number of rotatable bonds is 18. The third-order valence-corrected chi connectivity index (χ3v) is 4.38. The second kappa shape index (κ2) is 20.0. The van der Waals surface area contributed by atoms with E-state index in [1.165, 1.54) is 103 Å². The first kappa shape index (κ1) is 21.0. The van der Waals surface area contributed by atoms with Crippen LogP contribution in [-0.4, -0.2) is 6.54 Å². The van der Waals surface area contributed by atoms with Crippen LogP contribution in [0.25, 0.3) is 0 Å². The van der Waals surface area contributed by atoms with Gasteiger partial charge in [-0.2, -0.15) is 0 Å². The molecule has 0 unspecified atom stereocenters. The molecule has 0 saturated heterocycles. The molecular formula is C20H42N. The summed E-state index contributed by atoms with van der Waals surface area (Å²) in [6.07, 6.45) is 23.2. The molecule has 1 radical (unpaired) electrons. The molecule has 0 aromatic carbocycles. The summed E-state index contributed by atoms with van der Waals surface area (Å²) >= 11 is 0. The van der Waals surface area contributed by atoms with Crippen molar-refractivity contribution >= 4 is 0 Å². The van der Waals surface area contributed by atoms with Gasteiger partial charge < -0.3 is 5.32 Å². The Kier molecular flexibility index (Phi) is 19.9. The fourth-order valence-electron chi connectivity index (χ4n) is 2.92. The number of nitrogens with one attached hydrogen (secondary N) is 1. The van der Waals surface area contributed by atoms with Gasteiger partial charge in [-0.1, -0.05) is 103 Å². The maximum atomic E-state index is 3.27. The van der Waals surface area contributed by atoms with Gasteiger partial charge in [0.25, 0.3) is 0 Å². The molecule has 0 bridgehead atoms. The Balaban J connectivity index is 2.90. The van der Waals surface area contributed by atoms with E-state index in [0.717, 1.165) is 6.54 Å². The van der Waals surface area contributed by atoms with Gasteiger partial charge in [-0.25, -0.2) is 0 Å². The molecule has 0 atom stereocenters. The van der Waals surface area contributed by atoms with Gasteiger partial charge in [0, 0.05) is 6.54 Å². The third-order valence-electron chi connectivity index (χ3n) is 4.38. The van der Waals surface area contributed by atoms with Crippen molar-refractivity contribution in [3.8, 4) is 0 Å². The number of hydrogen-bond donors (Lipinski definition) is 1. The van der Waals surface area contributed by atoms with Crippen LogP contribution in [0.3, 0.4) is 0 Å². The number of unbranched alkanes of at least 4 members (excludes halogenated alkanes) is 15. The van der Waals surface area contributed by atoms with E-state index in [4.69, 9.17) is 0 Å². The lowest BCUT2D eigenvalue weighted by Gasteiger charge is -2.04. The highest BCUT2D eigenvalue weighted by molar-refractivity contribution is 4.54. The predicted octanol–water partition coefficient (Wildman–Crippen LogP) is 7.02. The van der Waals surface area contributed by atoms with Crippen molar-refractivity contribution in [2.75, 3.05) is 6.54 Å². The molecule has 0 aromatic heterocycles. The predicted molar refractivity (Wildman–Crippen MR) is 97.5 cm³/mol. The van der Waals surface area contributed by atoms with Crippen molar-refractivity contribution in [2.45, 2.75) is 117 Å². The van der Waals surface area contributed by atoms with E-state index < -0.39 is 0 Å². The lowest BCUT2D eigenvalue weighted by Crippen LogP contribution is -2.08. The smallest absolute Gasteiger partial charge is 0.0190 e. The van der Waals surface area contributed by atoms with E-state index in [0.29, 0.717) is 0 Å². The molecule has 21 heavy (non-hydrogen) atoms. The third kappa shape index (κ3) is 20.0. The van der Waals surface area contributed by atoms with Crippen LogP contribution in [0.15, 0.2) is 0 Å². The van der Waals surface area contributed by atoms with Crippen LogP contribution in [-0.2, 0) is 0 Å². The second-order valence-electron chi connectivity index (χ2n) is 6.55. The first-order valence-electron chi connectivity index (χ1n) is 9.93. The fraction of sp³-hybridized carbons (Fsp3) is 0.950. The molecule has 1 heteroatoms. The monoisotopic (exact) mass is 296 g/mol. The zero-order valence-electron chi connectivity index (χ0n) is 15.1. The molecule has 1 nitrogen and oxygen atoms in total. The van der Waals surface area contributed by atoms with Gasteiger partial charge in [-0.3, -0.25) is 0 Å². The Bertz CT molecular complexity index is 149. The van der Waals surface area contributed by atoms with Crippen LogP contribution >= 0.6 is 0 Å². The summed E-state index contributed by atoms with van der Waals surface area (Å²) in [4.78, 5) is 0. The van der Waals surface area contributed by atoms with E-state index in [9.17, 15) is 0 Å². The summed E-state index contributed by atoms with van der Waals surface area (Å²) in [5.74, 6) is 0. The van der Waals surface area contributed by atoms with Crippen molar-refractivity contribution < 1.29 is 0 Å². The summed E-state index contributed by atoms with van der Waals surface area (Å²) in [6, 6.07) is 0. The highest BCUT2D eigenvalue weighted by atomic mass is 14.8. The minimum absolute atomic E-state index is 1.16. The Morgan fingerprint density at radius 1 is 0.524 bits per heavy atom. The molecular weight excluding hydrogens is 254 g/mol. The molecule has 1 N–H and O–H groups in total. The maximum Gasteiger partial charge on any atom is 0.0190 e. The lowest BCUT2D eigenvalue weighted by atomic mass is 10.0. The van der Waals surface area contributed by atoms with E-state index in [-0.39, 0.29) is 0 Å². The SMILES string of the molecule is C[CH]NCCCCCCCCCCCCCCCCCC. The summed E-state index contributed by atoms with van der Waals surface area (Å²) in [5, 5.41) is 3.27. The van der Waals surface area contributed by atoms with Crippen molar-refractivity contribution in [1.82, 2.24) is 5.32 Å². The molecule has 0 aromatic rings. The highest BCUT2D eigenvalue weighted by Gasteiger charge is 1.94. The normalized spacial score (nSPS) is 11.1. The summed E-state index contributed by atoms with van der Waals surface area (Å²) in [5.41, 5.74) is 0. The summed E-state index contributed by atoms with van der Waals surface area (Å²) in [6.45, 7) is 7.56. The molecule has 0 aliphatic heterocycles. The fourth-order valence-corrected chi connectivity index (χ4v) is 2.92. The van der Waals surface area contributed by atoms with E-state index >= 15 is 0 Å². The molecule has 0 heterocycles. The molecule has 0 saturated carbocycles. The largest absolute Gasteiger partial charge is 0.313 e. The Morgan fingerprint density at radius 3 is 1.19 bits per heavy atom. The molecule has 0 rings (SSSR count). The van der Waals surface area contributed by atoms with Crippen LogP contribution in [0.5, 0.6) is 0 Å². The second-order valence-corrected chi connectivity index (χ2v) is 6.55. The molecule has 127 valence electrons. The van der Waals surface area contributed by atoms with Crippen LogP contribution in [0.1, 0.15) is 117 Å². The molecule has 0 fully saturated rings. The topological polar surface area (TPSA) is 12.0 Å². The van der Waals surface area contributed by atoms with Gasteiger partial charge >= 0.3 is 0 Å². The summed E-state index contributed by atoms with van der Waals surface area (Å²) < 4.78 is 0. The Labute approximate surface area is 135 Å². The molecule has 0 aliphatic rings. The Hall–Kier alpha value is -0.0400. The van der Waals surface area contributed by atoms with Crippen molar-refractivity contribution in [1.29, 1.82) is 0 Å². The first-order chi connectivity index (χ1) is 10.4. The van der Waals surface area contributed by atoms with Gasteiger partial charge in [-0.15, -0.1) is 0 Å². The van der Waals surface area contributed by atoms with Gasteiger partial charge in [0.2, 0.25) is 0 Å². The molecule has 0 spiro atoms. The number of hydrogen-bond acceptors (Lipinski definition) is 1. The quantitative estimate of drug-likeness (QED) is 0.268. The van der Waals surface area contributed by atoms with Crippen molar-refractivity contribution in [2.24, 2.45) is 0 Å². The van der Waals surface area contributed by atoms with Crippen molar-refractivity contribution in [3.05, 3.63) is 6.54 Å². The minimum Gasteiger partial charge on any atom is -0.313 e. The zero-order valence-corrected chi connectivity index (χ0v) is 15.1. The summed E-state index contributed by atoms with van der Waals surface area (Å²) in [7, 11) is 0. The van der Waals surface area contributed by atoms with Gasteiger partial charge in [0.05, 0.1) is 0 Å². The van der Waals surface area contributed by atoms with Crippen LogP contribution in [0.2, 0.25) is 0 Å². The average Bonchev–Trinajstić information content (AvgIpc) is 2.50. The molecule has 0 aliphatic carbocycles. The zero-order chi connectivity index (χ0) is 15.4. The van der Waals surface area contributed by atoms with Crippen LogP contribution < -0.4 is 5.32 Å². The van der Waals surface area contributed by atoms with E-state index in [1.54, 1.807) is 0 Å². The molecule has 0 amide bonds.